The van der Waals surface area contributed by atoms with Crippen molar-refractivity contribution >= 4 is 12.3 Å². The highest BCUT2D eigenvalue weighted by atomic mass is 19.1. The van der Waals surface area contributed by atoms with Gasteiger partial charge in [0.15, 0.2) is 11.6 Å². The van der Waals surface area contributed by atoms with Crippen LogP contribution in [0.3, 0.4) is 0 Å². The molecule has 2 saturated heterocycles. The molecule has 0 saturated carbocycles. The average Bonchev–Trinajstić information content (AvgIpc) is 3.20. The second-order valence-electron chi connectivity index (χ2n) is 10.9. The van der Waals surface area contributed by atoms with Crippen molar-refractivity contribution in [3.05, 3.63) is 76.5 Å². The molecule has 4 rings (SSSR count). The number of piperidine rings is 1. The lowest BCUT2D eigenvalue weighted by Crippen LogP contribution is -2.34. The number of aliphatic imine (C=N–C) groups is 1. The van der Waals surface area contributed by atoms with Crippen LogP contribution in [0.15, 0.2) is 52.7 Å². The van der Waals surface area contributed by atoms with Crippen LogP contribution in [0.2, 0.25) is 0 Å². The number of likely N-dealkylation sites (tertiary alicyclic amines) is 1. The highest BCUT2D eigenvalue weighted by molar-refractivity contribution is 5.72. The number of benzene rings is 1. The van der Waals surface area contributed by atoms with Crippen molar-refractivity contribution in [3.8, 4) is 5.75 Å². The molecule has 0 radical (unpaired) electrons. The van der Waals surface area contributed by atoms with Gasteiger partial charge in [-0.1, -0.05) is 38.0 Å². The lowest BCUT2D eigenvalue weighted by atomic mass is 10.1. The number of hydrogen-bond acceptors (Lipinski definition) is 5. The normalized spacial score (nSPS) is 16.4. The van der Waals surface area contributed by atoms with Gasteiger partial charge in [-0.05, 0) is 91.3 Å². The number of rotatable bonds is 10. The van der Waals surface area contributed by atoms with Gasteiger partial charge in [0.25, 0.3) is 0 Å². The van der Waals surface area contributed by atoms with Gasteiger partial charge in [0.1, 0.15) is 18.2 Å². The highest BCUT2D eigenvalue weighted by Crippen LogP contribution is 2.23. The molecular weight excluding hydrogens is 534 g/mol. The molecule has 232 valence electrons. The third-order valence-corrected chi connectivity index (χ3v) is 6.64. The zero-order valence-electron chi connectivity index (χ0n) is 26.7. The summed E-state index contributed by atoms with van der Waals surface area (Å²) in [6.45, 7) is 23.3. The summed E-state index contributed by atoms with van der Waals surface area (Å²) >= 11 is 0. The summed E-state index contributed by atoms with van der Waals surface area (Å²) in [5.74, 6) is -0.186. The van der Waals surface area contributed by atoms with Crippen molar-refractivity contribution in [1.82, 2.24) is 14.5 Å². The molecule has 1 aromatic heterocycles. The first-order valence-electron chi connectivity index (χ1n) is 15.1. The molecule has 3 heterocycles. The number of imidazole rings is 1. The summed E-state index contributed by atoms with van der Waals surface area (Å²) in [6, 6.07) is 3.13. The molecule has 0 N–H and O–H groups in total. The molecule has 1 unspecified atom stereocenters. The molecule has 2 aromatic rings. The maximum absolute atomic E-state index is 13.2. The third-order valence-electron chi connectivity index (χ3n) is 6.64. The second kappa shape index (κ2) is 18.4. The van der Waals surface area contributed by atoms with Crippen molar-refractivity contribution in [2.75, 3.05) is 26.3 Å². The van der Waals surface area contributed by atoms with Crippen molar-refractivity contribution in [3.63, 3.8) is 0 Å². The second-order valence-corrected chi connectivity index (χ2v) is 10.9. The van der Waals surface area contributed by atoms with E-state index < -0.39 is 11.6 Å². The summed E-state index contributed by atoms with van der Waals surface area (Å²) < 4.78 is 39.1. The maximum atomic E-state index is 13.2. The highest BCUT2D eigenvalue weighted by Gasteiger charge is 2.23. The molecule has 1 aromatic carbocycles. The first-order valence-corrected chi connectivity index (χ1v) is 15.1. The SMILES string of the molecule is C=C(COc1ccc(F)cc1F)N=CC=C(C)C.CC.CC(C)=Cc1c(C)nc(CN2CCCCC2)n1CC1CCO1. The average molecular weight is 585 g/mol. The van der Waals surface area contributed by atoms with Crippen LogP contribution >= 0.6 is 0 Å². The Bertz CT molecular complexity index is 1210. The predicted octanol–water partition coefficient (Wildman–Crippen LogP) is 8.31. The number of halogens is 2. The minimum atomic E-state index is -0.740. The molecule has 1 atom stereocenters. The number of allylic oxidation sites excluding steroid dienone is 3. The van der Waals surface area contributed by atoms with Gasteiger partial charge in [-0.3, -0.25) is 9.89 Å². The number of aromatic nitrogens is 2. The first kappa shape index (κ1) is 35.1. The van der Waals surface area contributed by atoms with Gasteiger partial charge >= 0.3 is 0 Å². The molecule has 8 heteroatoms. The number of nitrogens with zero attached hydrogens (tertiary/aromatic N) is 4. The summed E-state index contributed by atoms with van der Waals surface area (Å²) in [6.07, 6.45) is 11.3. The van der Waals surface area contributed by atoms with Crippen LogP contribution in [0.25, 0.3) is 6.08 Å². The van der Waals surface area contributed by atoms with Crippen LogP contribution in [0.1, 0.15) is 84.4 Å². The monoisotopic (exact) mass is 584 g/mol. The molecule has 0 aliphatic carbocycles. The van der Waals surface area contributed by atoms with Gasteiger partial charge in [-0.25, -0.2) is 13.8 Å². The number of ether oxygens (including phenoxy) is 2. The summed E-state index contributed by atoms with van der Waals surface area (Å²) in [5.41, 5.74) is 5.30. The zero-order chi connectivity index (χ0) is 31.1. The van der Waals surface area contributed by atoms with Crippen LogP contribution in [-0.2, 0) is 17.8 Å². The standard InChI is InChI=1S/C18H29N3O.C14H15F2NO.C2H6/c1-14(2)11-17-15(3)19-18(13-20-8-5-4-6-9-20)21(17)12-16-7-10-22-16;1-10(2)6-7-17-11(3)9-18-14-5-4-12(15)8-13(14)16;1-2/h11,16H,4-10,12-13H2,1-3H3;4-8H,3,9H2,1-2H3;1-2H3. The fourth-order valence-corrected chi connectivity index (χ4v) is 4.46. The summed E-state index contributed by atoms with van der Waals surface area (Å²) in [7, 11) is 0. The smallest absolute Gasteiger partial charge is 0.167 e. The Labute approximate surface area is 251 Å². The van der Waals surface area contributed by atoms with Crippen LogP contribution in [0.4, 0.5) is 8.78 Å². The fourth-order valence-electron chi connectivity index (χ4n) is 4.46. The molecule has 2 aliphatic heterocycles. The topological polar surface area (TPSA) is 51.9 Å². The number of hydrogen-bond donors (Lipinski definition) is 0. The Kier molecular flexibility index (Phi) is 15.4. The zero-order valence-corrected chi connectivity index (χ0v) is 26.7. The Morgan fingerprint density at radius 2 is 1.81 bits per heavy atom. The molecule has 0 spiro atoms. The van der Waals surface area contributed by atoms with Gasteiger partial charge in [0.2, 0.25) is 0 Å². The van der Waals surface area contributed by atoms with E-state index in [9.17, 15) is 8.78 Å². The van der Waals surface area contributed by atoms with E-state index in [0.29, 0.717) is 11.8 Å². The summed E-state index contributed by atoms with van der Waals surface area (Å²) in [4.78, 5) is 11.5. The van der Waals surface area contributed by atoms with Crippen LogP contribution in [0, 0.1) is 18.6 Å². The largest absolute Gasteiger partial charge is 0.484 e. The molecule has 42 heavy (non-hydrogen) atoms. The van der Waals surface area contributed by atoms with Gasteiger partial charge in [-0.2, -0.15) is 0 Å². The van der Waals surface area contributed by atoms with Crippen molar-refractivity contribution in [1.29, 1.82) is 0 Å². The number of aryl methyl sites for hydroxylation is 1. The van der Waals surface area contributed by atoms with E-state index in [0.717, 1.165) is 43.1 Å². The van der Waals surface area contributed by atoms with Gasteiger partial charge < -0.3 is 14.0 Å². The van der Waals surface area contributed by atoms with Crippen LogP contribution < -0.4 is 4.74 Å². The van der Waals surface area contributed by atoms with E-state index in [2.05, 4.69) is 47.9 Å². The van der Waals surface area contributed by atoms with Crippen molar-refractivity contribution < 1.29 is 18.3 Å². The van der Waals surface area contributed by atoms with Gasteiger partial charge in [0, 0.05) is 18.9 Å². The van der Waals surface area contributed by atoms with Gasteiger partial charge in [0.05, 0.1) is 36.3 Å². The summed E-state index contributed by atoms with van der Waals surface area (Å²) in [5, 5.41) is 0. The maximum Gasteiger partial charge on any atom is 0.167 e. The molecule has 0 amide bonds. The first-order chi connectivity index (χ1) is 20.1. The molecule has 2 fully saturated rings. The minimum absolute atomic E-state index is 0.0186. The van der Waals surface area contributed by atoms with Crippen molar-refractivity contribution in [2.45, 2.75) is 93.3 Å². The van der Waals surface area contributed by atoms with E-state index in [4.69, 9.17) is 14.5 Å². The Morgan fingerprint density at radius 3 is 2.38 bits per heavy atom. The predicted molar refractivity (Wildman–Crippen MR) is 170 cm³/mol. The molecule has 2 aliphatic rings. The molecule has 0 bridgehead atoms. The van der Waals surface area contributed by atoms with Gasteiger partial charge in [-0.15, -0.1) is 0 Å². The van der Waals surface area contributed by atoms with E-state index >= 15 is 0 Å². The molecular formula is C34H50F2N4O2. The Morgan fingerprint density at radius 1 is 1.12 bits per heavy atom. The third kappa shape index (κ3) is 12.0. The lowest BCUT2D eigenvalue weighted by Gasteiger charge is -2.30. The Balaban J connectivity index is 0.000000283. The van der Waals surface area contributed by atoms with E-state index in [-0.39, 0.29) is 12.4 Å². The molecule has 6 nitrogen and oxygen atoms in total. The lowest BCUT2D eigenvalue weighted by molar-refractivity contribution is -0.0598. The van der Waals surface area contributed by atoms with Crippen LogP contribution in [0.5, 0.6) is 5.75 Å². The quantitative estimate of drug-likeness (QED) is 0.264. The van der Waals surface area contributed by atoms with E-state index in [1.54, 1.807) is 6.21 Å². The van der Waals surface area contributed by atoms with E-state index in [1.807, 2.05) is 33.8 Å². The Hall–Kier alpha value is -3.10. The fraction of sp³-hybridized carbons (Fsp3) is 0.529. The minimum Gasteiger partial charge on any atom is -0.484 e. The van der Waals surface area contributed by atoms with Crippen molar-refractivity contribution in [2.24, 2.45) is 4.99 Å². The van der Waals surface area contributed by atoms with Crippen LogP contribution in [-0.4, -0.2) is 53.1 Å². The van der Waals surface area contributed by atoms with E-state index in [1.165, 1.54) is 61.9 Å².